The van der Waals surface area contributed by atoms with Crippen LogP contribution in [0.15, 0.2) is 24.3 Å². The zero-order chi connectivity index (χ0) is 19.7. The van der Waals surface area contributed by atoms with E-state index in [9.17, 15) is 9.59 Å². The lowest BCUT2D eigenvalue weighted by Crippen LogP contribution is -2.52. The van der Waals surface area contributed by atoms with Gasteiger partial charge in [0.05, 0.1) is 11.7 Å². The largest absolute Gasteiger partial charge is 0.369 e. The maximum atomic E-state index is 13.1. The standard InChI is InChI=1S/C22H29N3O2/c1-14-7-6-8-19(13-14)25-11-9-24(10-12-25)17(4)22(27)21-15(2)20(18(5)26)16(3)23-21/h6-8,13,17,23H,9-12H2,1-5H3. The quantitative estimate of drug-likeness (QED) is 0.822. The lowest BCUT2D eigenvalue weighted by molar-refractivity contribution is 0.0824. The van der Waals surface area contributed by atoms with Crippen molar-refractivity contribution in [3.63, 3.8) is 0 Å². The summed E-state index contributed by atoms with van der Waals surface area (Å²) in [6.45, 7) is 12.8. The molecule has 1 aliphatic heterocycles. The molecule has 3 rings (SSSR count). The van der Waals surface area contributed by atoms with Gasteiger partial charge in [0, 0.05) is 43.1 Å². The van der Waals surface area contributed by atoms with Crippen molar-refractivity contribution in [2.24, 2.45) is 0 Å². The van der Waals surface area contributed by atoms with Crippen LogP contribution in [-0.2, 0) is 0 Å². The van der Waals surface area contributed by atoms with Gasteiger partial charge in [-0.1, -0.05) is 12.1 Å². The lowest BCUT2D eigenvalue weighted by atomic mass is 10.0. The number of H-pyrrole nitrogens is 1. The molecule has 2 heterocycles. The topological polar surface area (TPSA) is 56.4 Å². The third-order valence-corrected chi connectivity index (χ3v) is 5.64. The Morgan fingerprint density at radius 1 is 1.07 bits per heavy atom. The molecule has 0 spiro atoms. The van der Waals surface area contributed by atoms with E-state index in [1.165, 1.54) is 11.3 Å². The molecule has 1 atom stereocenters. The van der Waals surface area contributed by atoms with Gasteiger partial charge in [-0.3, -0.25) is 14.5 Å². The fraction of sp³-hybridized carbons (Fsp3) is 0.455. The first-order valence-corrected chi connectivity index (χ1v) is 9.59. The number of ketones is 2. The number of anilines is 1. The molecular weight excluding hydrogens is 338 g/mol. The molecule has 144 valence electrons. The molecule has 0 amide bonds. The number of rotatable bonds is 5. The SMILES string of the molecule is CC(=O)c1c(C)[nH]c(C(=O)C(C)N2CCN(c3cccc(C)c3)CC2)c1C. The number of nitrogens with zero attached hydrogens (tertiary/aromatic N) is 2. The minimum Gasteiger partial charge on any atom is -0.369 e. The highest BCUT2D eigenvalue weighted by Crippen LogP contribution is 2.23. The van der Waals surface area contributed by atoms with Crippen molar-refractivity contribution in [1.29, 1.82) is 0 Å². The van der Waals surface area contributed by atoms with Crippen molar-refractivity contribution < 1.29 is 9.59 Å². The second-order valence-electron chi connectivity index (χ2n) is 7.58. The van der Waals surface area contributed by atoms with E-state index < -0.39 is 0 Å². The Kier molecular flexibility index (Phi) is 5.51. The van der Waals surface area contributed by atoms with E-state index in [1.807, 2.05) is 20.8 Å². The monoisotopic (exact) mass is 367 g/mol. The van der Waals surface area contributed by atoms with E-state index in [1.54, 1.807) is 6.92 Å². The van der Waals surface area contributed by atoms with E-state index in [-0.39, 0.29) is 17.6 Å². The van der Waals surface area contributed by atoms with Gasteiger partial charge in [0.15, 0.2) is 11.6 Å². The Hall–Kier alpha value is -2.40. The minimum absolute atomic E-state index is 0.000257. The molecule has 1 aromatic heterocycles. The second-order valence-corrected chi connectivity index (χ2v) is 7.58. The first-order chi connectivity index (χ1) is 12.8. The predicted molar refractivity (Wildman–Crippen MR) is 109 cm³/mol. The van der Waals surface area contributed by atoms with E-state index in [4.69, 9.17) is 0 Å². The van der Waals surface area contributed by atoms with Crippen LogP contribution < -0.4 is 4.90 Å². The maximum absolute atomic E-state index is 13.1. The fourth-order valence-electron chi connectivity index (χ4n) is 4.09. The summed E-state index contributed by atoms with van der Waals surface area (Å²) in [6.07, 6.45) is 0. The van der Waals surface area contributed by atoms with E-state index in [0.717, 1.165) is 37.4 Å². The van der Waals surface area contributed by atoms with Crippen molar-refractivity contribution >= 4 is 17.3 Å². The Labute approximate surface area is 161 Å². The Bertz CT molecular complexity index is 860. The molecule has 5 heteroatoms. The summed E-state index contributed by atoms with van der Waals surface area (Å²) in [5.74, 6) is 0.0619. The van der Waals surface area contributed by atoms with Crippen LogP contribution in [0.5, 0.6) is 0 Å². The molecule has 0 radical (unpaired) electrons. The number of aromatic nitrogens is 1. The summed E-state index contributed by atoms with van der Waals surface area (Å²) in [4.78, 5) is 32.6. The van der Waals surface area contributed by atoms with Crippen LogP contribution in [0.3, 0.4) is 0 Å². The van der Waals surface area contributed by atoms with Gasteiger partial charge in [-0.2, -0.15) is 0 Å². The van der Waals surface area contributed by atoms with Crippen molar-refractivity contribution in [2.45, 2.75) is 40.7 Å². The van der Waals surface area contributed by atoms with Gasteiger partial charge in [-0.15, -0.1) is 0 Å². The van der Waals surface area contributed by atoms with Gasteiger partial charge < -0.3 is 9.88 Å². The van der Waals surface area contributed by atoms with E-state index in [2.05, 4.69) is 46.0 Å². The zero-order valence-corrected chi connectivity index (χ0v) is 16.9. The number of nitrogens with one attached hydrogen (secondary N) is 1. The normalized spacial score (nSPS) is 16.4. The molecule has 0 bridgehead atoms. The van der Waals surface area contributed by atoms with Gasteiger partial charge >= 0.3 is 0 Å². The number of aryl methyl sites for hydroxylation is 2. The Morgan fingerprint density at radius 3 is 2.30 bits per heavy atom. The highest BCUT2D eigenvalue weighted by atomic mass is 16.1. The number of hydrogen-bond donors (Lipinski definition) is 1. The van der Waals surface area contributed by atoms with Crippen LogP contribution in [0.2, 0.25) is 0 Å². The first-order valence-electron chi connectivity index (χ1n) is 9.59. The molecule has 2 aromatic rings. The molecule has 0 aliphatic carbocycles. The number of aromatic amines is 1. The summed E-state index contributed by atoms with van der Waals surface area (Å²) in [5.41, 5.74) is 5.28. The molecule has 1 unspecified atom stereocenters. The number of hydrogen-bond acceptors (Lipinski definition) is 4. The number of Topliss-reactive ketones (excluding diaryl/α,β-unsaturated/α-hetero) is 2. The smallest absolute Gasteiger partial charge is 0.196 e. The van der Waals surface area contributed by atoms with Crippen molar-refractivity contribution in [3.05, 3.63) is 52.3 Å². The average molecular weight is 367 g/mol. The predicted octanol–water partition coefficient (Wildman–Crippen LogP) is 3.54. The van der Waals surface area contributed by atoms with Crippen LogP contribution in [-0.4, -0.2) is 53.7 Å². The van der Waals surface area contributed by atoms with Crippen LogP contribution in [0, 0.1) is 20.8 Å². The van der Waals surface area contributed by atoms with Crippen LogP contribution in [0.25, 0.3) is 0 Å². The van der Waals surface area contributed by atoms with Gasteiger partial charge in [0.2, 0.25) is 0 Å². The second kappa shape index (κ2) is 7.69. The summed E-state index contributed by atoms with van der Waals surface area (Å²) in [6, 6.07) is 8.34. The highest BCUT2D eigenvalue weighted by molar-refractivity contribution is 6.05. The molecule has 0 saturated carbocycles. The Balaban J connectivity index is 1.69. The zero-order valence-electron chi connectivity index (χ0n) is 16.9. The third-order valence-electron chi connectivity index (χ3n) is 5.64. The summed E-state index contributed by atoms with van der Waals surface area (Å²) in [5, 5.41) is 0. The first kappa shape index (κ1) is 19.4. The maximum Gasteiger partial charge on any atom is 0.196 e. The van der Waals surface area contributed by atoms with Gasteiger partial charge in [-0.25, -0.2) is 0 Å². The number of benzene rings is 1. The van der Waals surface area contributed by atoms with Crippen molar-refractivity contribution in [3.8, 4) is 0 Å². The van der Waals surface area contributed by atoms with E-state index >= 15 is 0 Å². The van der Waals surface area contributed by atoms with Gasteiger partial charge in [-0.05, 0) is 57.9 Å². The fourth-order valence-corrected chi connectivity index (χ4v) is 4.09. The minimum atomic E-state index is -0.207. The molecule has 1 aliphatic rings. The van der Waals surface area contributed by atoms with Gasteiger partial charge in [0.25, 0.3) is 0 Å². The van der Waals surface area contributed by atoms with Crippen LogP contribution >= 0.6 is 0 Å². The number of piperazine rings is 1. The molecule has 27 heavy (non-hydrogen) atoms. The molecular formula is C22H29N3O2. The van der Waals surface area contributed by atoms with E-state index in [0.29, 0.717) is 11.3 Å². The summed E-state index contributed by atoms with van der Waals surface area (Å²) >= 11 is 0. The Morgan fingerprint density at radius 2 is 1.74 bits per heavy atom. The van der Waals surface area contributed by atoms with Crippen LogP contribution in [0.1, 0.15) is 51.5 Å². The van der Waals surface area contributed by atoms with Crippen LogP contribution in [0.4, 0.5) is 5.69 Å². The lowest BCUT2D eigenvalue weighted by Gasteiger charge is -2.38. The average Bonchev–Trinajstić information content (AvgIpc) is 2.95. The molecule has 1 N–H and O–H groups in total. The number of carbonyl (C=O) groups is 2. The molecule has 5 nitrogen and oxygen atoms in total. The summed E-state index contributed by atoms with van der Waals surface area (Å²) in [7, 11) is 0. The van der Waals surface area contributed by atoms with Gasteiger partial charge in [0.1, 0.15) is 0 Å². The molecule has 1 aromatic carbocycles. The highest BCUT2D eigenvalue weighted by Gasteiger charge is 2.29. The van der Waals surface area contributed by atoms with Crippen molar-refractivity contribution in [1.82, 2.24) is 9.88 Å². The van der Waals surface area contributed by atoms with Crippen molar-refractivity contribution in [2.75, 3.05) is 31.1 Å². The molecule has 1 saturated heterocycles. The third kappa shape index (κ3) is 3.83. The summed E-state index contributed by atoms with van der Waals surface area (Å²) < 4.78 is 0. The molecule has 1 fully saturated rings. The number of carbonyl (C=O) groups excluding carboxylic acids is 2.